The van der Waals surface area contributed by atoms with Crippen LogP contribution in [-0.2, 0) is 14.3 Å². The summed E-state index contributed by atoms with van der Waals surface area (Å²) in [6.07, 6.45) is 7.40. The maximum atomic E-state index is 13.0. The van der Waals surface area contributed by atoms with Crippen LogP contribution in [0.3, 0.4) is 0 Å². The number of rotatable bonds is 13. The summed E-state index contributed by atoms with van der Waals surface area (Å²) in [6, 6.07) is -0.762. The molecule has 0 fully saturated rings. The number of amides is 1. The average Bonchev–Trinajstić information content (AvgIpc) is 3.24. The van der Waals surface area contributed by atoms with Gasteiger partial charge in [0.05, 0.1) is 31.9 Å². The van der Waals surface area contributed by atoms with Gasteiger partial charge in [0, 0.05) is 12.0 Å². The molecule has 1 amide bonds. The minimum absolute atomic E-state index is 0.198. The smallest absolute Gasteiger partial charge is 0.408 e. The van der Waals surface area contributed by atoms with Crippen LogP contribution < -0.4 is 10.1 Å². The number of carbonyl (C=O) groups excluding carboxylic acids is 2. The zero-order valence-corrected chi connectivity index (χ0v) is 23.9. The summed E-state index contributed by atoms with van der Waals surface area (Å²) < 4.78 is 26.4. The van der Waals surface area contributed by atoms with Crippen molar-refractivity contribution in [1.82, 2.24) is 14.1 Å². The number of likely N-dealkylation sites (N-methyl/N-ethyl adjacent to an activating group) is 1. The summed E-state index contributed by atoms with van der Waals surface area (Å²) in [5.74, 6) is 0.340. The first-order valence-electron chi connectivity index (χ1n) is 13.1. The standard InChI is InChI=1S/C26H44N4O5S/c1-8-9-10-11-15-33-23-22(28-36-29-23)20-13-12-14-30(7,17-20)18-34-24(31)21(16-19(2)3)27-25(32)35-26(4,5)6/h13,19,21H,8-12,14-18H2,1-7H3/p+1/t21-,30?/m0/s1. The number of esters is 1. The molecule has 2 heterocycles. The van der Waals surface area contributed by atoms with E-state index in [2.05, 4.69) is 34.1 Å². The van der Waals surface area contributed by atoms with Crippen LogP contribution in [0.5, 0.6) is 5.88 Å². The highest BCUT2D eigenvalue weighted by atomic mass is 32.1. The molecule has 0 spiro atoms. The van der Waals surface area contributed by atoms with Crippen molar-refractivity contribution in [1.29, 1.82) is 0 Å². The number of ether oxygens (including phenoxy) is 3. The molecule has 1 unspecified atom stereocenters. The van der Waals surface area contributed by atoms with Crippen molar-refractivity contribution >= 4 is 29.4 Å². The van der Waals surface area contributed by atoms with Gasteiger partial charge in [-0.2, -0.15) is 4.37 Å². The summed E-state index contributed by atoms with van der Waals surface area (Å²) >= 11 is 1.16. The third kappa shape index (κ3) is 10.4. The number of hydrogen-bond donors (Lipinski definition) is 1. The monoisotopic (exact) mass is 525 g/mol. The second kappa shape index (κ2) is 13.9. The van der Waals surface area contributed by atoms with Gasteiger partial charge in [0.25, 0.3) is 5.88 Å². The molecule has 0 bridgehead atoms. The van der Waals surface area contributed by atoms with E-state index in [4.69, 9.17) is 14.2 Å². The van der Waals surface area contributed by atoms with Gasteiger partial charge in [-0.15, -0.1) is 4.37 Å². The van der Waals surface area contributed by atoms with E-state index in [9.17, 15) is 9.59 Å². The van der Waals surface area contributed by atoms with Crippen LogP contribution in [0.15, 0.2) is 6.08 Å². The predicted octanol–water partition coefficient (Wildman–Crippen LogP) is 5.17. The molecule has 2 atom stereocenters. The lowest BCUT2D eigenvalue weighted by atomic mass is 10.0. The Balaban J connectivity index is 1.96. The second-order valence-electron chi connectivity index (χ2n) is 11.3. The normalized spacial score (nSPS) is 18.9. The van der Waals surface area contributed by atoms with Gasteiger partial charge >= 0.3 is 12.1 Å². The zero-order valence-electron chi connectivity index (χ0n) is 23.1. The summed E-state index contributed by atoms with van der Waals surface area (Å²) in [5.41, 5.74) is 1.20. The molecule has 36 heavy (non-hydrogen) atoms. The fourth-order valence-electron chi connectivity index (χ4n) is 4.01. The Kier molecular flexibility index (Phi) is 11.6. The molecule has 1 N–H and O–H groups in total. The molecule has 0 saturated heterocycles. The number of hydrogen-bond acceptors (Lipinski definition) is 8. The third-order valence-corrected chi connectivity index (χ3v) is 6.32. The van der Waals surface area contributed by atoms with Crippen LogP contribution >= 0.6 is 11.7 Å². The molecule has 204 valence electrons. The van der Waals surface area contributed by atoms with Crippen molar-refractivity contribution in [3.8, 4) is 5.88 Å². The van der Waals surface area contributed by atoms with Gasteiger partial charge < -0.3 is 19.5 Å². The molecular formula is C26H45N4O5S+. The van der Waals surface area contributed by atoms with Gasteiger partial charge in [0.2, 0.25) is 6.73 Å². The number of alkyl carbamates (subject to hydrolysis) is 1. The van der Waals surface area contributed by atoms with Gasteiger partial charge in [0.1, 0.15) is 23.9 Å². The first kappa shape index (κ1) is 30.0. The molecule has 0 saturated carbocycles. The van der Waals surface area contributed by atoms with Crippen molar-refractivity contribution in [2.75, 3.05) is 33.5 Å². The predicted molar refractivity (Wildman–Crippen MR) is 142 cm³/mol. The quantitative estimate of drug-likeness (QED) is 0.215. The summed E-state index contributed by atoms with van der Waals surface area (Å²) in [5, 5.41) is 2.69. The first-order chi connectivity index (χ1) is 16.9. The number of aromatic nitrogens is 2. The van der Waals surface area contributed by atoms with Crippen LogP contribution in [0.1, 0.15) is 85.8 Å². The molecule has 0 aliphatic carbocycles. The Morgan fingerprint density at radius 1 is 1.19 bits per heavy atom. The lowest BCUT2D eigenvalue weighted by molar-refractivity contribution is -0.919. The minimum atomic E-state index is -0.762. The second-order valence-corrected chi connectivity index (χ2v) is 11.8. The van der Waals surface area contributed by atoms with E-state index in [0.717, 1.165) is 48.8 Å². The van der Waals surface area contributed by atoms with E-state index in [-0.39, 0.29) is 12.6 Å². The number of quaternary nitrogens is 1. The van der Waals surface area contributed by atoms with Gasteiger partial charge in [-0.3, -0.25) is 4.48 Å². The van der Waals surface area contributed by atoms with E-state index >= 15 is 0 Å². The highest BCUT2D eigenvalue weighted by Crippen LogP contribution is 2.30. The van der Waals surface area contributed by atoms with E-state index in [1.165, 1.54) is 12.8 Å². The molecule has 1 aliphatic rings. The Labute approximate surface area is 220 Å². The van der Waals surface area contributed by atoms with Crippen molar-refractivity contribution in [2.24, 2.45) is 5.92 Å². The molecule has 1 aromatic heterocycles. The fourth-order valence-corrected chi connectivity index (χ4v) is 4.54. The van der Waals surface area contributed by atoms with Crippen LogP contribution in [0.2, 0.25) is 0 Å². The highest BCUT2D eigenvalue weighted by Gasteiger charge is 2.33. The first-order valence-corrected chi connectivity index (χ1v) is 13.8. The lowest BCUT2D eigenvalue weighted by Gasteiger charge is -2.36. The molecule has 1 aromatic rings. The van der Waals surface area contributed by atoms with Crippen molar-refractivity contribution < 1.29 is 28.3 Å². The van der Waals surface area contributed by atoms with E-state index in [1.54, 1.807) is 20.8 Å². The molecule has 0 aromatic carbocycles. The molecule has 2 rings (SSSR count). The Bertz CT molecular complexity index is 880. The highest BCUT2D eigenvalue weighted by molar-refractivity contribution is 6.99. The van der Waals surface area contributed by atoms with Gasteiger partial charge in [-0.05, 0) is 39.5 Å². The van der Waals surface area contributed by atoms with Gasteiger partial charge in [-0.1, -0.05) is 46.1 Å². The van der Waals surface area contributed by atoms with E-state index < -0.39 is 23.7 Å². The van der Waals surface area contributed by atoms with Crippen molar-refractivity contribution in [3.63, 3.8) is 0 Å². The van der Waals surface area contributed by atoms with Crippen LogP contribution in [0.25, 0.3) is 5.57 Å². The average molecular weight is 526 g/mol. The van der Waals surface area contributed by atoms with E-state index in [0.29, 0.717) is 29.9 Å². The number of nitrogens with one attached hydrogen (secondary N) is 1. The van der Waals surface area contributed by atoms with Crippen molar-refractivity contribution in [2.45, 2.75) is 91.7 Å². The number of carbonyl (C=O) groups is 2. The lowest BCUT2D eigenvalue weighted by Crippen LogP contribution is -2.51. The number of unbranched alkanes of at least 4 members (excludes halogenated alkanes) is 3. The minimum Gasteiger partial charge on any atom is -0.475 e. The van der Waals surface area contributed by atoms with Crippen LogP contribution in [0, 0.1) is 5.92 Å². The Morgan fingerprint density at radius 2 is 1.94 bits per heavy atom. The van der Waals surface area contributed by atoms with E-state index in [1.807, 2.05) is 13.8 Å². The third-order valence-electron chi connectivity index (χ3n) is 5.81. The van der Waals surface area contributed by atoms with Crippen LogP contribution in [0.4, 0.5) is 4.79 Å². The maximum Gasteiger partial charge on any atom is 0.408 e. The van der Waals surface area contributed by atoms with Gasteiger partial charge in [-0.25, -0.2) is 9.59 Å². The zero-order chi connectivity index (χ0) is 26.8. The molecular weight excluding hydrogens is 480 g/mol. The Hall–Kier alpha value is -2.20. The molecule has 9 nitrogen and oxygen atoms in total. The van der Waals surface area contributed by atoms with Gasteiger partial charge in [0.15, 0.2) is 0 Å². The SMILES string of the molecule is CCCCCCOc1nsnc1C1=CCC[N+](C)(COC(=O)[C@H](CC(C)C)NC(=O)OC(C)(C)C)C1. The van der Waals surface area contributed by atoms with Crippen LogP contribution in [-0.4, -0.2) is 70.4 Å². The largest absolute Gasteiger partial charge is 0.475 e. The maximum absolute atomic E-state index is 13.0. The summed E-state index contributed by atoms with van der Waals surface area (Å²) in [7, 11) is 2.06. The molecule has 10 heteroatoms. The summed E-state index contributed by atoms with van der Waals surface area (Å²) in [6.45, 7) is 13.9. The Morgan fingerprint density at radius 3 is 2.61 bits per heavy atom. The number of nitrogens with zero attached hydrogens (tertiary/aromatic N) is 3. The molecule has 1 aliphatic heterocycles. The topological polar surface area (TPSA) is 99.6 Å². The molecule has 0 radical (unpaired) electrons. The van der Waals surface area contributed by atoms with Crippen molar-refractivity contribution in [3.05, 3.63) is 11.8 Å². The summed E-state index contributed by atoms with van der Waals surface area (Å²) in [4.78, 5) is 25.2. The fraction of sp³-hybridized carbons (Fsp3) is 0.769.